The van der Waals surface area contributed by atoms with E-state index in [2.05, 4.69) is 289 Å². The van der Waals surface area contributed by atoms with Crippen LogP contribution >= 0.6 is 0 Å². The minimum Gasteiger partial charge on any atom is -0.325 e. The van der Waals surface area contributed by atoms with Gasteiger partial charge in [-0.2, -0.15) is 0 Å². The number of anilines is 2. The molecule has 0 radical (unpaired) electrons. The summed E-state index contributed by atoms with van der Waals surface area (Å²) < 4.78 is 2.37. The van der Waals surface area contributed by atoms with Crippen molar-refractivity contribution >= 4 is 56.3 Å². The van der Waals surface area contributed by atoms with Gasteiger partial charge in [-0.15, -0.1) is 0 Å². The van der Waals surface area contributed by atoms with Crippen LogP contribution in [-0.2, 0) is 16.2 Å². The van der Waals surface area contributed by atoms with Crippen LogP contribution in [0.3, 0.4) is 0 Å². The fourth-order valence-electron chi connectivity index (χ4n) is 11.2. The molecule has 0 fully saturated rings. The fraction of sp³-hybridized carbons (Fsp3) is 0.191. The second kappa shape index (κ2) is 18.6. The molecule has 4 nitrogen and oxygen atoms in total. The Morgan fingerprint density at radius 3 is 1.53 bits per heavy atom. The summed E-state index contributed by atoms with van der Waals surface area (Å²) in [4.78, 5) is 10.1. The summed E-state index contributed by atoms with van der Waals surface area (Å²) in [5.74, 6) is 0.932. The Labute approximate surface area is 433 Å². The van der Waals surface area contributed by atoms with Gasteiger partial charge in [0.1, 0.15) is 5.82 Å². The Morgan fingerprint density at radius 2 is 0.932 bits per heavy atom. The minimum absolute atomic E-state index is 0.0223. The molecule has 5 heteroatoms. The normalized spacial score (nSPS) is 13.4. The highest BCUT2D eigenvalue weighted by molar-refractivity contribution is 6.95. The van der Waals surface area contributed by atoms with Crippen LogP contribution in [0, 0.1) is 0 Å². The highest BCUT2D eigenvalue weighted by Crippen LogP contribution is 2.43. The minimum atomic E-state index is -0.236. The standard InChI is InChI=1S/C68H65BN4/c1-47-48(2)72(60-41-54(67(6,7)51-26-16-11-17-27-51)40-55(42-60)68(8,9)52-28-18-12-19-29-52)46-71(47)59-39-50(49-24-14-10-15-25-49)38-58(44-59)69(56-30-20-13-21-31-56)57-34-35-62-61-32-22-23-33-63(61)73(64(62)45-57)65-43-53(36-37-70-65)66(3,4)5/h10-45H,46H2,1-9H3. The Morgan fingerprint density at radius 1 is 0.397 bits per heavy atom. The molecule has 0 N–H and O–H groups in total. The van der Waals surface area contributed by atoms with Gasteiger partial charge in [0.2, 0.25) is 6.71 Å². The highest BCUT2D eigenvalue weighted by Gasteiger charge is 2.34. The molecule has 0 unspecified atom stereocenters. The maximum absolute atomic E-state index is 5.04. The molecule has 0 saturated heterocycles. The summed E-state index contributed by atoms with van der Waals surface area (Å²) in [5, 5.41) is 2.44. The predicted molar refractivity (Wildman–Crippen MR) is 312 cm³/mol. The maximum Gasteiger partial charge on any atom is 0.241 e. The van der Waals surface area contributed by atoms with E-state index in [4.69, 9.17) is 4.98 Å². The van der Waals surface area contributed by atoms with Gasteiger partial charge in [-0.3, -0.25) is 4.57 Å². The number of benzene rings is 8. The zero-order chi connectivity index (χ0) is 50.6. The molecule has 2 aromatic heterocycles. The van der Waals surface area contributed by atoms with Crippen molar-refractivity contribution in [1.82, 2.24) is 9.55 Å². The van der Waals surface area contributed by atoms with Crippen LogP contribution in [0.4, 0.5) is 11.4 Å². The lowest BCUT2D eigenvalue weighted by molar-refractivity contribution is 0.588. The summed E-state index contributed by atoms with van der Waals surface area (Å²) >= 11 is 0. The number of rotatable bonds is 11. The predicted octanol–water partition coefficient (Wildman–Crippen LogP) is 14.8. The molecule has 0 amide bonds. The monoisotopic (exact) mass is 949 g/mol. The van der Waals surface area contributed by atoms with Gasteiger partial charge in [-0.05, 0) is 107 Å². The molecule has 8 aromatic carbocycles. The van der Waals surface area contributed by atoms with Crippen molar-refractivity contribution in [1.29, 1.82) is 0 Å². The Bertz CT molecular complexity index is 3590. The summed E-state index contributed by atoms with van der Waals surface area (Å²) in [6.45, 7) is 21.5. The first-order chi connectivity index (χ1) is 35.2. The van der Waals surface area contributed by atoms with Gasteiger partial charge >= 0.3 is 0 Å². The quantitative estimate of drug-likeness (QED) is 0.121. The Kier molecular flexibility index (Phi) is 12.1. The summed E-state index contributed by atoms with van der Waals surface area (Å²) in [6.07, 6.45) is 1.97. The SMILES string of the molecule is CC1=C(C)N(c2cc(C(C)(C)c3ccccc3)cc(C(C)(C)c3ccccc3)c2)CN1c1cc(B(c2ccccc2)c2ccc3c4ccccc4n(-c4cc(C(C)(C)C)ccn4)c3c2)cc(-c2ccccc2)c1. The van der Waals surface area contributed by atoms with Crippen molar-refractivity contribution in [2.45, 2.75) is 78.6 Å². The van der Waals surface area contributed by atoms with Gasteiger partial charge in [-0.1, -0.05) is 229 Å². The number of fused-ring (bicyclic) bond motifs is 3. The largest absolute Gasteiger partial charge is 0.325 e. The highest BCUT2D eigenvalue weighted by atomic mass is 15.4. The number of para-hydroxylation sites is 1. The zero-order valence-electron chi connectivity index (χ0n) is 43.9. The van der Waals surface area contributed by atoms with Gasteiger partial charge in [0.25, 0.3) is 0 Å². The smallest absolute Gasteiger partial charge is 0.241 e. The van der Waals surface area contributed by atoms with E-state index in [1.54, 1.807) is 0 Å². The van der Waals surface area contributed by atoms with E-state index in [1.165, 1.54) is 88.9 Å². The van der Waals surface area contributed by atoms with Crippen LogP contribution < -0.4 is 26.2 Å². The first kappa shape index (κ1) is 47.4. The first-order valence-electron chi connectivity index (χ1n) is 25.9. The number of pyridine rings is 1. The molecule has 1 aliphatic rings. The van der Waals surface area contributed by atoms with Gasteiger partial charge in [0.15, 0.2) is 0 Å². The number of nitrogens with zero attached hydrogens (tertiary/aromatic N) is 4. The van der Waals surface area contributed by atoms with Crippen LogP contribution in [0.1, 0.15) is 90.1 Å². The maximum atomic E-state index is 5.04. The number of aromatic nitrogens is 2. The topological polar surface area (TPSA) is 24.3 Å². The summed E-state index contributed by atoms with van der Waals surface area (Å²) in [7, 11) is 0. The van der Waals surface area contributed by atoms with E-state index >= 15 is 0 Å². The van der Waals surface area contributed by atoms with Crippen molar-refractivity contribution in [3.63, 3.8) is 0 Å². The molecule has 0 aliphatic carbocycles. The molecule has 360 valence electrons. The van der Waals surface area contributed by atoms with E-state index in [-0.39, 0.29) is 23.0 Å². The van der Waals surface area contributed by atoms with Gasteiger partial charge in [0.05, 0.1) is 17.7 Å². The van der Waals surface area contributed by atoms with E-state index in [0.29, 0.717) is 6.67 Å². The molecule has 0 atom stereocenters. The molecular weight excluding hydrogens is 884 g/mol. The third kappa shape index (κ3) is 8.75. The van der Waals surface area contributed by atoms with E-state index in [9.17, 15) is 0 Å². The fourth-order valence-corrected chi connectivity index (χ4v) is 11.2. The van der Waals surface area contributed by atoms with E-state index in [0.717, 1.165) is 16.9 Å². The first-order valence-corrected chi connectivity index (χ1v) is 25.9. The lowest BCUT2D eigenvalue weighted by atomic mass is 9.36. The van der Waals surface area contributed by atoms with Crippen LogP contribution in [-0.4, -0.2) is 22.9 Å². The van der Waals surface area contributed by atoms with Crippen molar-refractivity contribution in [3.8, 4) is 16.9 Å². The van der Waals surface area contributed by atoms with Gasteiger partial charge < -0.3 is 9.80 Å². The average molecular weight is 949 g/mol. The van der Waals surface area contributed by atoms with Gasteiger partial charge in [0, 0.05) is 50.6 Å². The van der Waals surface area contributed by atoms with E-state index < -0.39 is 0 Å². The van der Waals surface area contributed by atoms with Crippen molar-refractivity contribution < 1.29 is 0 Å². The molecule has 11 rings (SSSR count). The lowest BCUT2D eigenvalue weighted by Gasteiger charge is -2.33. The van der Waals surface area contributed by atoms with Crippen molar-refractivity contribution in [2.24, 2.45) is 0 Å². The number of hydrogen-bond donors (Lipinski definition) is 0. The van der Waals surface area contributed by atoms with Crippen LogP contribution in [0.2, 0.25) is 0 Å². The van der Waals surface area contributed by atoms with Gasteiger partial charge in [-0.25, -0.2) is 4.98 Å². The van der Waals surface area contributed by atoms with Crippen LogP contribution in [0.25, 0.3) is 38.8 Å². The number of allylic oxidation sites excluding steroid dienone is 2. The molecule has 0 saturated carbocycles. The summed E-state index contributed by atoms with van der Waals surface area (Å²) in [5.41, 5.74) is 19.2. The van der Waals surface area contributed by atoms with Crippen molar-refractivity contribution in [3.05, 3.63) is 258 Å². The number of hydrogen-bond acceptors (Lipinski definition) is 3. The van der Waals surface area contributed by atoms with Crippen LogP contribution in [0.15, 0.2) is 230 Å². The Hall–Kier alpha value is -7.89. The zero-order valence-corrected chi connectivity index (χ0v) is 43.9. The molecule has 0 bridgehead atoms. The Balaban J connectivity index is 1.07. The summed E-state index contributed by atoms with van der Waals surface area (Å²) in [6, 6.07) is 78.8. The molecule has 10 aromatic rings. The van der Waals surface area contributed by atoms with E-state index in [1.807, 2.05) is 6.20 Å². The van der Waals surface area contributed by atoms with Crippen LogP contribution in [0.5, 0.6) is 0 Å². The molecule has 73 heavy (non-hydrogen) atoms. The average Bonchev–Trinajstić information content (AvgIpc) is 3.91. The third-order valence-electron chi connectivity index (χ3n) is 16.0. The van der Waals surface area contributed by atoms with Crippen molar-refractivity contribution in [2.75, 3.05) is 16.5 Å². The molecule has 1 aliphatic heterocycles. The molecule has 3 heterocycles. The molecule has 0 spiro atoms. The molecular formula is C68H65BN4. The second-order valence-electron chi connectivity index (χ2n) is 22.2. The second-order valence-corrected chi connectivity index (χ2v) is 22.2. The lowest BCUT2D eigenvalue weighted by Crippen LogP contribution is -2.52. The third-order valence-corrected chi connectivity index (χ3v) is 16.0.